The number of hydrogen-bond acceptors (Lipinski definition) is 4. The van der Waals surface area contributed by atoms with Crippen LogP contribution < -0.4 is 0 Å². The van der Waals surface area contributed by atoms with Gasteiger partial charge in [0.25, 0.3) is 0 Å². The lowest BCUT2D eigenvalue weighted by atomic mass is 10.4. The van der Waals surface area contributed by atoms with Crippen LogP contribution in [0.3, 0.4) is 0 Å². The van der Waals surface area contributed by atoms with Crippen molar-refractivity contribution in [3.8, 4) is 0 Å². The molecule has 0 unspecified atom stereocenters. The highest BCUT2D eigenvalue weighted by Gasteiger charge is 2.00. The summed E-state index contributed by atoms with van der Waals surface area (Å²) in [4.78, 5) is 10.1. The van der Waals surface area contributed by atoms with E-state index in [0.29, 0.717) is 0 Å². The summed E-state index contributed by atoms with van der Waals surface area (Å²) >= 11 is 0. The minimum Gasteiger partial charge on any atom is -0.478 e. The van der Waals surface area contributed by atoms with Crippen molar-refractivity contribution in [3.05, 3.63) is 18.0 Å². The summed E-state index contributed by atoms with van der Waals surface area (Å²) < 4.78 is 0. The molecule has 0 aliphatic carbocycles. The average Bonchev–Trinajstić information content (AvgIpc) is 1.90. The molecule has 0 bridgehead atoms. The van der Waals surface area contributed by atoms with Crippen molar-refractivity contribution in [1.82, 2.24) is 15.4 Å². The van der Waals surface area contributed by atoms with E-state index in [4.69, 9.17) is 5.11 Å². The molecule has 0 saturated heterocycles. The van der Waals surface area contributed by atoms with Crippen LogP contribution >= 0.6 is 0 Å². The van der Waals surface area contributed by atoms with Crippen molar-refractivity contribution in [2.45, 2.75) is 0 Å². The molecule has 0 spiro atoms. The van der Waals surface area contributed by atoms with Crippen LogP contribution in [0.4, 0.5) is 0 Å². The van der Waals surface area contributed by atoms with Crippen LogP contribution in [0.1, 0.15) is 10.4 Å². The highest BCUT2D eigenvalue weighted by molar-refractivity contribution is 5.86. The second-order valence-electron chi connectivity index (χ2n) is 1.26. The zero-order valence-electron chi connectivity index (χ0n) is 4.27. The van der Waals surface area contributed by atoms with Crippen LogP contribution in [0, 0.1) is 6.20 Å². The number of aromatic carboxylic acids is 1. The highest BCUT2D eigenvalue weighted by atomic mass is 16.4. The molecule has 0 fully saturated rings. The van der Waals surface area contributed by atoms with Crippen LogP contribution in [0.15, 0.2) is 6.20 Å². The molecule has 0 aliphatic rings. The van der Waals surface area contributed by atoms with Crippen molar-refractivity contribution >= 4 is 5.97 Å². The predicted octanol–water partition coefficient (Wildman–Crippen LogP) is -0.630. The molecule has 5 heteroatoms. The molecular formula is C4H2N3O2. The van der Waals surface area contributed by atoms with Gasteiger partial charge in [0.05, 0.1) is 6.20 Å². The molecule has 1 rings (SSSR count). The van der Waals surface area contributed by atoms with Crippen LogP contribution in [-0.4, -0.2) is 26.5 Å². The van der Waals surface area contributed by atoms with Gasteiger partial charge in [0, 0.05) is 0 Å². The summed E-state index contributed by atoms with van der Waals surface area (Å²) in [7, 11) is 0. The van der Waals surface area contributed by atoms with Crippen LogP contribution in [-0.2, 0) is 0 Å². The van der Waals surface area contributed by atoms with E-state index in [1.165, 1.54) is 0 Å². The molecule has 1 aromatic heterocycles. The molecular weight excluding hydrogens is 122 g/mol. The van der Waals surface area contributed by atoms with Crippen molar-refractivity contribution in [2.75, 3.05) is 0 Å². The lowest BCUT2D eigenvalue weighted by Gasteiger charge is -1.84. The average molecular weight is 124 g/mol. The van der Waals surface area contributed by atoms with E-state index in [1.807, 2.05) is 0 Å². The molecule has 9 heavy (non-hydrogen) atoms. The molecule has 0 amide bonds. The summed E-state index contributed by atoms with van der Waals surface area (Å²) in [6, 6.07) is 0. The van der Waals surface area contributed by atoms with Gasteiger partial charge in [-0.05, 0) is 5.21 Å². The first-order valence-corrected chi connectivity index (χ1v) is 2.10. The summed E-state index contributed by atoms with van der Waals surface area (Å²) in [5.74, 6) is -1.10. The number of aromatic nitrogens is 3. The zero-order chi connectivity index (χ0) is 6.69. The third-order valence-corrected chi connectivity index (χ3v) is 0.684. The maximum atomic E-state index is 10.1. The quantitative estimate of drug-likeness (QED) is 0.539. The van der Waals surface area contributed by atoms with E-state index < -0.39 is 5.97 Å². The third-order valence-electron chi connectivity index (χ3n) is 0.684. The number of carboxylic acid groups (broad SMARTS) is 1. The Balaban J connectivity index is 2.98. The normalized spacial score (nSPS) is 8.89. The number of hydrogen-bond donors (Lipinski definition) is 1. The van der Waals surface area contributed by atoms with Crippen LogP contribution in [0.2, 0.25) is 0 Å². The molecule has 0 aromatic carbocycles. The van der Waals surface area contributed by atoms with Crippen molar-refractivity contribution in [3.63, 3.8) is 0 Å². The largest absolute Gasteiger partial charge is 0.478 e. The van der Waals surface area contributed by atoms with E-state index in [-0.39, 0.29) is 5.56 Å². The summed E-state index contributed by atoms with van der Waals surface area (Å²) in [5, 5.41) is 17.7. The van der Waals surface area contributed by atoms with Gasteiger partial charge < -0.3 is 5.11 Å². The van der Waals surface area contributed by atoms with E-state index in [0.717, 1.165) is 6.20 Å². The zero-order valence-corrected chi connectivity index (χ0v) is 4.27. The topological polar surface area (TPSA) is 76.0 Å². The monoisotopic (exact) mass is 124 g/mol. The number of nitrogens with zero attached hydrogens (tertiary/aromatic N) is 3. The second-order valence-corrected chi connectivity index (χ2v) is 1.26. The summed E-state index contributed by atoms with van der Waals surface area (Å²) in [6.07, 6.45) is 3.22. The number of rotatable bonds is 1. The molecule has 5 nitrogen and oxygen atoms in total. The SMILES string of the molecule is O=C(O)c1[c]nnnc1. The molecule has 1 heterocycles. The standard InChI is InChI=1S/C4H2N3O2/c8-4(9)3-1-5-7-6-2-3/h1H,(H,8,9). The third kappa shape index (κ3) is 1.18. The van der Waals surface area contributed by atoms with E-state index >= 15 is 0 Å². The molecule has 0 saturated carbocycles. The second kappa shape index (κ2) is 2.17. The summed E-state index contributed by atoms with van der Waals surface area (Å²) in [5.41, 5.74) is -0.0787. The Morgan fingerprint density at radius 3 is 2.89 bits per heavy atom. The number of carbonyl (C=O) groups is 1. The van der Waals surface area contributed by atoms with Crippen molar-refractivity contribution in [1.29, 1.82) is 0 Å². The van der Waals surface area contributed by atoms with Crippen LogP contribution in [0.5, 0.6) is 0 Å². The Morgan fingerprint density at radius 1 is 1.78 bits per heavy atom. The Hall–Kier alpha value is -1.52. The molecule has 0 atom stereocenters. The van der Waals surface area contributed by atoms with Crippen molar-refractivity contribution < 1.29 is 9.90 Å². The van der Waals surface area contributed by atoms with Gasteiger partial charge in [0.15, 0.2) is 0 Å². The minimum absolute atomic E-state index is 0.0787. The lowest BCUT2D eigenvalue weighted by Crippen LogP contribution is -1.99. The smallest absolute Gasteiger partial charge is 0.339 e. The maximum Gasteiger partial charge on any atom is 0.339 e. The van der Waals surface area contributed by atoms with Crippen molar-refractivity contribution in [2.24, 2.45) is 0 Å². The van der Waals surface area contributed by atoms with Gasteiger partial charge in [-0.1, -0.05) is 0 Å². The Bertz CT molecular complexity index is 210. The van der Waals surface area contributed by atoms with Gasteiger partial charge in [0.2, 0.25) is 0 Å². The molecule has 1 radical (unpaired) electrons. The first kappa shape index (κ1) is 5.61. The Kier molecular flexibility index (Phi) is 1.35. The van der Waals surface area contributed by atoms with E-state index in [1.54, 1.807) is 0 Å². The molecule has 45 valence electrons. The van der Waals surface area contributed by atoms with Gasteiger partial charge in [0.1, 0.15) is 11.8 Å². The van der Waals surface area contributed by atoms with Gasteiger partial charge in [-0.3, -0.25) is 0 Å². The predicted molar refractivity (Wildman–Crippen MR) is 25.6 cm³/mol. The molecule has 1 aromatic rings. The highest BCUT2D eigenvalue weighted by Crippen LogP contribution is 1.87. The molecule has 1 N–H and O–H groups in total. The van der Waals surface area contributed by atoms with E-state index in [9.17, 15) is 4.79 Å². The van der Waals surface area contributed by atoms with Crippen LogP contribution in [0.25, 0.3) is 0 Å². The van der Waals surface area contributed by atoms with Gasteiger partial charge in [-0.15, -0.1) is 10.2 Å². The number of carboxylic acids is 1. The Morgan fingerprint density at radius 2 is 2.56 bits per heavy atom. The van der Waals surface area contributed by atoms with Gasteiger partial charge >= 0.3 is 5.97 Å². The minimum atomic E-state index is -1.10. The van der Waals surface area contributed by atoms with Gasteiger partial charge in [-0.25, -0.2) is 4.79 Å². The lowest BCUT2D eigenvalue weighted by molar-refractivity contribution is 0.0695. The maximum absolute atomic E-state index is 10.1. The fourth-order valence-electron chi connectivity index (χ4n) is 0.318. The Labute approximate surface area is 50.3 Å². The van der Waals surface area contributed by atoms with Gasteiger partial charge in [-0.2, -0.15) is 0 Å². The fourth-order valence-corrected chi connectivity index (χ4v) is 0.318. The molecule has 0 aliphatic heterocycles. The first-order valence-electron chi connectivity index (χ1n) is 2.10. The fraction of sp³-hybridized carbons (Fsp3) is 0. The van der Waals surface area contributed by atoms with E-state index in [2.05, 4.69) is 21.6 Å². The summed E-state index contributed by atoms with van der Waals surface area (Å²) in [6.45, 7) is 0. The first-order chi connectivity index (χ1) is 4.30.